The van der Waals surface area contributed by atoms with Crippen LogP contribution in [0.4, 0.5) is 9.59 Å². The summed E-state index contributed by atoms with van der Waals surface area (Å²) in [6.45, 7) is 3.12. The van der Waals surface area contributed by atoms with Crippen molar-refractivity contribution in [2.24, 2.45) is 0 Å². The molecule has 2 aromatic heterocycles. The number of H-pyrrole nitrogens is 2. The van der Waals surface area contributed by atoms with E-state index >= 15 is 0 Å². The van der Waals surface area contributed by atoms with E-state index < -0.39 is 24.3 Å². The van der Waals surface area contributed by atoms with Crippen molar-refractivity contribution in [1.29, 1.82) is 0 Å². The van der Waals surface area contributed by atoms with Gasteiger partial charge in [-0.05, 0) is 78.4 Å². The zero-order valence-electron chi connectivity index (χ0n) is 33.1. The molecule has 6 aromatic rings. The Morgan fingerprint density at radius 3 is 2.10 bits per heavy atom. The first-order chi connectivity index (χ1) is 29.2. The molecule has 0 aliphatic carbocycles. The number of nitrogens with zero attached hydrogens (tertiary/aromatic N) is 4. The lowest BCUT2D eigenvalue weighted by Gasteiger charge is -2.28. The van der Waals surface area contributed by atoms with E-state index in [2.05, 4.69) is 72.8 Å². The molecule has 0 unspecified atom stereocenters. The number of carbonyl (C=O) groups excluding carboxylic acids is 3. The van der Waals surface area contributed by atoms with Gasteiger partial charge < -0.3 is 45.0 Å². The molecule has 4 amide bonds. The molecule has 5 N–H and O–H groups in total. The Balaban J connectivity index is 0.916. The fourth-order valence-corrected chi connectivity index (χ4v) is 8.83. The number of hydrogen-bond acceptors (Lipinski definition) is 8. The van der Waals surface area contributed by atoms with Crippen molar-refractivity contribution in [2.75, 3.05) is 20.2 Å². The summed E-state index contributed by atoms with van der Waals surface area (Å²) in [5.74, 6) is 1.69. The molecule has 0 spiro atoms. The number of likely N-dealkylation sites (tertiary alicyclic amines) is 2. The quantitative estimate of drug-likeness (QED) is 0.0999. The molecular formula is C45H44N8O7. The van der Waals surface area contributed by atoms with Crippen molar-refractivity contribution in [3.63, 3.8) is 0 Å². The minimum atomic E-state index is -1.26. The largest absolute Gasteiger partial charge is 0.488 e. The Bertz CT molecular complexity index is 2620. The van der Waals surface area contributed by atoms with Gasteiger partial charge in [-0.3, -0.25) is 9.59 Å². The Hall–Kier alpha value is -7.16. The molecule has 0 radical (unpaired) electrons. The van der Waals surface area contributed by atoms with Crippen molar-refractivity contribution in [3.8, 4) is 39.4 Å². The molecule has 60 heavy (non-hydrogen) atoms. The highest BCUT2D eigenvalue weighted by Crippen LogP contribution is 2.44. The number of carbonyl (C=O) groups is 4. The fourth-order valence-electron chi connectivity index (χ4n) is 8.83. The molecule has 0 saturated carbocycles. The van der Waals surface area contributed by atoms with Gasteiger partial charge in [0.15, 0.2) is 0 Å². The maximum atomic E-state index is 13.8. The lowest BCUT2D eigenvalue weighted by molar-refractivity contribution is -0.135. The summed E-state index contributed by atoms with van der Waals surface area (Å²) in [6.07, 6.45) is 4.76. The van der Waals surface area contributed by atoms with Gasteiger partial charge in [0.2, 0.25) is 5.91 Å². The monoisotopic (exact) mass is 808 g/mol. The van der Waals surface area contributed by atoms with E-state index in [1.165, 1.54) is 7.11 Å². The molecule has 3 aliphatic rings. The number of amides is 4. The van der Waals surface area contributed by atoms with Gasteiger partial charge in [-0.1, -0.05) is 60.7 Å². The van der Waals surface area contributed by atoms with E-state index in [0.29, 0.717) is 43.3 Å². The molecule has 15 nitrogen and oxygen atoms in total. The number of aromatic amines is 2. The number of rotatable bonds is 9. The molecule has 3 aliphatic heterocycles. The number of imidazole rings is 2. The zero-order chi connectivity index (χ0) is 41.5. The van der Waals surface area contributed by atoms with Crippen LogP contribution in [-0.2, 0) is 20.9 Å². The second-order valence-electron chi connectivity index (χ2n) is 15.4. The van der Waals surface area contributed by atoms with E-state index in [4.69, 9.17) is 9.72 Å². The first-order valence-corrected chi connectivity index (χ1v) is 20.1. The lowest BCUT2D eigenvalue weighted by atomic mass is 9.92. The first kappa shape index (κ1) is 38.4. The molecule has 4 atom stereocenters. The molecule has 9 rings (SSSR count). The fraction of sp³-hybridized carbons (Fsp3) is 0.289. The van der Waals surface area contributed by atoms with Gasteiger partial charge in [-0.2, -0.15) is 0 Å². The standard InChI is InChI=1S/C45H44N8O7/c1-25(48-45(58)59-2)42(54)52-18-6-10-36(52)40-46-23-35(50-40)29-13-15-31-30(21-29)24-60-39-32-16-14-28(20-27(32)12-17-33(31)39)34-22-47-41(49-34)37-11-7-19-53(37)43(55)38(51-44(56)57)26-8-4-3-5-9-26/h3-5,8-9,12-17,20-23,25,36-38,51H,6-7,10-11,18-19,24H2,1-2H3,(H,46,50)(H,47,49)(H,48,58)(H,56,57)/t25-,36-,37-,38+/m0/s1. The molecule has 2 saturated heterocycles. The number of fused-ring (bicyclic) bond motifs is 5. The number of ether oxygens (including phenoxy) is 2. The molecule has 15 heteroatoms. The Kier molecular flexibility index (Phi) is 10.2. The number of carboxylic acid groups (broad SMARTS) is 1. The predicted octanol–water partition coefficient (Wildman–Crippen LogP) is 7.26. The van der Waals surface area contributed by atoms with E-state index in [1.54, 1.807) is 53.4 Å². The summed E-state index contributed by atoms with van der Waals surface area (Å²) in [6, 6.07) is 23.3. The number of alkyl carbamates (subject to hydrolysis) is 1. The van der Waals surface area contributed by atoms with E-state index in [9.17, 15) is 24.3 Å². The Morgan fingerprint density at radius 2 is 1.43 bits per heavy atom. The average Bonchev–Trinajstić information content (AvgIpc) is 4.12. The minimum absolute atomic E-state index is 0.183. The average molecular weight is 809 g/mol. The zero-order valence-corrected chi connectivity index (χ0v) is 33.1. The van der Waals surface area contributed by atoms with E-state index in [1.807, 2.05) is 12.1 Å². The van der Waals surface area contributed by atoms with Crippen molar-refractivity contribution in [1.82, 2.24) is 40.4 Å². The number of benzene rings is 4. The highest BCUT2D eigenvalue weighted by atomic mass is 16.5. The van der Waals surface area contributed by atoms with Crippen molar-refractivity contribution >= 4 is 34.8 Å². The minimum Gasteiger partial charge on any atom is -0.488 e. The highest BCUT2D eigenvalue weighted by molar-refractivity contribution is 5.98. The second-order valence-corrected chi connectivity index (χ2v) is 15.4. The summed E-state index contributed by atoms with van der Waals surface area (Å²) in [7, 11) is 1.27. The Morgan fingerprint density at radius 1 is 0.800 bits per heavy atom. The molecule has 5 heterocycles. The van der Waals surface area contributed by atoms with Gasteiger partial charge in [0.25, 0.3) is 5.91 Å². The van der Waals surface area contributed by atoms with Crippen LogP contribution < -0.4 is 15.4 Å². The van der Waals surface area contributed by atoms with Crippen molar-refractivity contribution in [2.45, 2.75) is 63.4 Å². The summed E-state index contributed by atoms with van der Waals surface area (Å²) in [5, 5.41) is 16.5. The third-order valence-electron chi connectivity index (χ3n) is 11.8. The third kappa shape index (κ3) is 7.16. The van der Waals surface area contributed by atoms with Crippen molar-refractivity contribution in [3.05, 3.63) is 114 Å². The van der Waals surface area contributed by atoms with Gasteiger partial charge >= 0.3 is 12.2 Å². The van der Waals surface area contributed by atoms with Crippen molar-refractivity contribution < 1.29 is 33.8 Å². The van der Waals surface area contributed by atoms with Gasteiger partial charge in [0, 0.05) is 29.6 Å². The van der Waals surface area contributed by atoms with Crippen LogP contribution in [0.3, 0.4) is 0 Å². The SMILES string of the molecule is COC(=O)N[C@@H](C)C(=O)N1CCC[C@H]1c1ncc(-c2ccc3c(c2)COc2c-3ccc3cc(-c4cnc([C@@H]5CCCN5C(=O)[C@H](NC(=O)O)c5ccccc5)[nH]4)ccc23)[nH]1. The molecule has 0 bridgehead atoms. The molecule has 306 valence electrons. The number of aromatic nitrogens is 4. The van der Waals surface area contributed by atoms with Crippen LogP contribution in [0, 0.1) is 0 Å². The lowest BCUT2D eigenvalue weighted by Crippen LogP contribution is -2.46. The molecular weight excluding hydrogens is 765 g/mol. The van der Waals surface area contributed by atoms with Crippen LogP contribution in [0.1, 0.15) is 73.5 Å². The highest BCUT2D eigenvalue weighted by Gasteiger charge is 2.38. The summed E-state index contributed by atoms with van der Waals surface area (Å²) in [5.41, 5.74) is 7.27. The van der Waals surface area contributed by atoms with Gasteiger partial charge in [0.05, 0.1) is 43.0 Å². The normalized spacial score (nSPS) is 18.0. The van der Waals surface area contributed by atoms with Gasteiger partial charge in [-0.15, -0.1) is 0 Å². The molecule has 2 fully saturated rings. The first-order valence-electron chi connectivity index (χ1n) is 20.1. The predicted molar refractivity (Wildman–Crippen MR) is 222 cm³/mol. The van der Waals surface area contributed by atoms with E-state index in [0.717, 1.165) is 75.0 Å². The van der Waals surface area contributed by atoms with Crippen LogP contribution in [0.5, 0.6) is 5.75 Å². The van der Waals surface area contributed by atoms with E-state index in [-0.39, 0.29) is 23.9 Å². The number of nitrogens with one attached hydrogen (secondary N) is 4. The number of hydrogen-bond donors (Lipinski definition) is 5. The molecule has 4 aromatic carbocycles. The van der Waals surface area contributed by atoms with Gasteiger partial charge in [-0.25, -0.2) is 19.6 Å². The summed E-state index contributed by atoms with van der Waals surface area (Å²) >= 11 is 0. The Labute approximate surface area is 345 Å². The van der Waals surface area contributed by atoms with Crippen LogP contribution in [-0.4, -0.2) is 85.1 Å². The van der Waals surface area contributed by atoms with Crippen LogP contribution >= 0.6 is 0 Å². The second kappa shape index (κ2) is 15.9. The third-order valence-corrected chi connectivity index (χ3v) is 11.8. The number of methoxy groups -OCH3 is 1. The van der Waals surface area contributed by atoms with Crippen LogP contribution in [0.15, 0.2) is 91.3 Å². The smallest absolute Gasteiger partial charge is 0.407 e. The summed E-state index contributed by atoms with van der Waals surface area (Å²) < 4.78 is 11.1. The summed E-state index contributed by atoms with van der Waals surface area (Å²) in [4.78, 5) is 70.2. The van der Waals surface area contributed by atoms with Crippen LogP contribution in [0.25, 0.3) is 44.4 Å². The van der Waals surface area contributed by atoms with Gasteiger partial charge in [0.1, 0.15) is 36.1 Å². The topological polar surface area (TPSA) is 195 Å². The maximum absolute atomic E-state index is 13.8. The maximum Gasteiger partial charge on any atom is 0.407 e. The van der Waals surface area contributed by atoms with Crippen LogP contribution in [0.2, 0.25) is 0 Å².